The van der Waals surface area contributed by atoms with E-state index in [1.807, 2.05) is 42.0 Å². The predicted octanol–water partition coefficient (Wildman–Crippen LogP) is 2.35. The molecule has 2 aromatic rings. The van der Waals surface area contributed by atoms with E-state index in [0.29, 0.717) is 19.8 Å². The molecule has 2 rings (SSSR count). The second kappa shape index (κ2) is 7.13. The van der Waals surface area contributed by atoms with Gasteiger partial charge in [-0.3, -0.25) is 4.79 Å². The van der Waals surface area contributed by atoms with Gasteiger partial charge in [0.25, 0.3) is 0 Å². The quantitative estimate of drug-likeness (QED) is 0.796. The molecule has 1 N–H and O–H groups in total. The van der Waals surface area contributed by atoms with Crippen LogP contribution in [-0.2, 0) is 16.1 Å². The van der Waals surface area contributed by atoms with Crippen molar-refractivity contribution in [1.82, 2.24) is 4.57 Å². The Morgan fingerprint density at radius 3 is 2.81 bits per heavy atom. The Bertz CT molecular complexity index is 605. The summed E-state index contributed by atoms with van der Waals surface area (Å²) in [6.07, 6.45) is 1.14. The summed E-state index contributed by atoms with van der Waals surface area (Å²) in [7, 11) is 0. The molecule has 0 aliphatic rings. The van der Waals surface area contributed by atoms with Crippen molar-refractivity contribution < 1.29 is 19.4 Å². The Kier molecular flexibility index (Phi) is 5.22. The highest BCUT2D eigenvalue weighted by atomic mass is 16.5. The smallest absolute Gasteiger partial charge is 0.308 e. The molecule has 5 nitrogen and oxygen atoms in total. The molecule has 0 aliphatic heterocycles. The van der Waals surface area contributed by atoms with Crippen LogP contribution in [0.15, 0.2) is 30.5 Å². The number of aliphatic hydroxyl groups excluding tert-OH is 1. The third-order valence-electron chi connectivity index (χ3n) is 3.17. The Morgan fingerprint density at radius 1 is 1.29 bits per heavy atom. The zero-order chi connectivity index (χ0) is 15.2. The highest BCUT2D eigenvalue weighted by Gasteiger charge is 2.13. The lowest BCUT2D eigenvalue weighted by atomic mass is 10.2. The normalized spacial score (nSPS) is 12.3. The van der Waals surface area contributed by atoms with Gasteiger partial charge in [0.1, 0.15) is 5.75 Å². The number of benzene rings is 1. The van der Waals surface area contributed by atoms with Gasteiger partial charge in [-0.2, -0.15) is 0 Å². The van der Waals surface area contributed by atoms with Crippen LogP contribution in [0.25, 0.3) is 10.9 Å². The van der Waals surface area contributed by atoms with Crippen LogP contribution < -0.4 is 4.74 Å². The van der Waals surface area contributed by atoms with Gasteiger partial charge >= 0.3 is 5.97 Å². The molecule has 1 aromatic heterocycles. The van der Waals surface area contributed by atoms with Crippen LogP contribution in [0.5, 0.6) is 5.75 Å². The summed E-state index contributed by atoms with van der Waals surface area (Å²) < 4.78 is 12.2. The summed E-state index contributed by atoms with van der Waals surface area (Å²) >= 11 is 0. The fraction of sp³-hybridized carbons (Fsp3) is 0.438. The van der Waals surface area contributed by atoms with Crippen LogP contribution >= 0.6 is 0 Å². The van der Waals surface area contributed by atoms with E-state index in [1.165, 1.54) is 0 Å². The van der Waals surface area contributed by atoms with E-state index in [1.54, 1.807) is 6.92 Å². The van der Waals surface area contributed by atoms with E-state index in [0.717, 1.165) is 16.7 Å². The van der Waals surface area contributed by atoms with Crippen molar-refractivity contribution >= 4 is 16.9 Å². The minimum absolute atomic E-state index is 0.00451. The molecule has 114 valence electrons. The molecule has 0 aliphatic carbocycles. The first-order valence-electron chi connectivity index (χ1n) is 7.19. The molecule has 0 saturated heterocycles. The zero-order valence-electron chi connectivity index (χ0n) is 12.4. The first-order chi connectivity index (χ1) is 10.1. The predicted molar refractivity (Wildman–Crippen MR) is 80.4 cm³/mol. The number of nitrogens with zero attached hydrogens (tertiary/aromatic N) is 1. The summed E-state index contributed by atoms with van der Waals surface area (Å²) in [6.45, 7) is 5.01. The molecule has 0 fully saturated rings. The maximum Gasteiger partial charge on any atom is 0.308 e. The van der Waals surface area contributed by atoms with Crippen molar-refractivity contribution in [2.45, 2.75) is 32.9 Å². The first kappa shape index (κ1) is 15.4. The lowest BCUT2D eigenvalue weighted by molar-refractivity contribution is -0.145. The van der Waals surface area contributed by atoms with E-state index >= 15 is 0 Å². The first-order valence-corrected chi connectivity index (χ1v) is 7.19. The average Bonchev–Trinajstić information content (AvgIpc) is 2.81. The molecule has 5 heteroatoms. The van der Waals surface area contributed by atoms with Crippen LogP contribution in [0.4, 0.5) is 0 Å². The average molecular weight is 291 g/mol. The molecule has 0 bridgehead atoms. The lowest BCUT2D eigenvalue weighted by Gasteiger charge is -2.12. The molecule has 1 heterocycles. The van der Waals surface area contributed by atoms with E-state index in [2.05, 4.69) is 0 Å². The number of hydrogen-bond acceptors (Lipinski definition) is 4. The summed E-state index contributed by atoms with van der Waals surface area (Å²) in [4.78, 5) is 11.4. The van der Waals surface area contributed by atoms with Crippen molar-refractivity contribution in [1.29, 1.82) is 0 Å². The number of fused-ring (bicyclic) bond motifs is 1. The molecule has 0 saturated carbocycles. The number of rotatable bonds is 7. The number of aliphatic hydroxyl groups is 1. The minimum atomic E-state index is -0.758. The standard InChI is InChI=1S/C16H21NO4/c1-3-20-14-5-6-15-12(9-14)7-8-17(15)11-13(18)10-16(19)21-4-2/h5-9,13,18H,3-4,10-11H2,1-2H3. The number of carbonyl (C=O) groups is 1. The van der Waals surface area contributed by atoms with Gasteiger partial charge in [0.2, 0.25) is 0 Å². The third kappa shape index (κ3) is 3.98. The van der Waals surface area contributed by atoms with Gasteiger partial charge in [0.15, 0.2) is 0 Å². The van der Waals surface area contributed by atoms with Crippen molar-refractivity contribution in [3.63, 3.8) is 0 Å². The van der Waals surface area contributed by atoms with Gasteiger partial charge in [0.05, 0.1) is 25.7 Å². The van der Waals surface area contributed by atoms with Crippen molar-refractivity contribution in [3.05, 3.63) is 30.5 Å². The number of ether oxygens (including phenoxy) is 2. The molecule has 0 amide bonds. The van der Waals surface area contributed by atoms with Gasteiger partial charge in [0, 0.05) is 23.6 Å². The van der Waals surface area contributed by atoms with Crippen molar-refractivity contribution in [3.8, 4) is 5.75 Å². The Morgan fingerprint density at radius 2 is 2.10 bits per heavy atom. The Labute approximate surface area is 124 Å². The van der Waals surface area contributed by atoms with Gasteiger partial charge in [-0.05, 0) is 38.1 Å². The summed E-state index contributed by atoms with van der Waals surface area (Å²) in [5.74, 6) is 0.454. The lowest BCUT2D eigenvalue weighted by Crippen LogP contribution is -2.20. The van der Waals surface area contributed by atoms with E-state index < -0.39 is 6.10 Å². The number of hydrogen-bond donors (Lipinski definition) is 1. The molecular formula is C16H21NO4. The number of carbonyl (C=O) groups excluding carboxylic acids is 1. The van der Waals surface area contributed by atoms with Crippen LogP contribution in [0.1, 0.15) is 20.3 Å². The summed E-state index contributed by atoms with van der Waals surface area (Å²) in [6, 6.07) is 7.79. The van der Waals surface area contributed by atoms with Crippen LogP contribution in [0.2, 0.25) is 0 Å². The molecular weight excluding hydrogens is 270 g/mol. The van der Waals surface area contributed by atoms with E-state index in [-0.39, 0.29) is 12.4 Å². The highest BCUT2D eigenvalue weighted by Crippen LogP contribution is 2.22. The maximum absolute atomic E-state index is 11.4. The van der Waals surface area contributed by atoms with Crippen molar-refractivity contribution in [2.75, 3.05) is 13.2 Å². The van der Waals surface area contributed by atoms with Gasteiger partial charge in [-0.1, -0.05) is 0 Å². The molecule has 1 unspecified atom stereocenters. The van der Waals surface area contributed by atoms with Gasteiger partial charge in [-0.15, -0.1) is 0 Å². The van der Waals surface area contributed by atoms with Crippen LogP contribution in [0, 0.1) is 0 Å². The van der Waals surface area contributed by atoms with Gasteiger partial charge in [-0.25, -0.2) is 0 Å². The topological polar surface area (TPSA) is 60.7 Å². The number of esters is 1. The third-order valence-corrected chi connectivity index (χ3v) is 3.17. The fourth-order valence-corrected chi connectivity index (χ4v) is 2.30. The highest BCUT2D eigenvalue weighted by molar-refractivity contribution is 5.81. The Balaban J connectivity index is 2.07. The second-order valence-electron chi connectivity index (χ2n) is 4.78. The van der Waals surface area contributed by atoms with Crippen LogP contribution in [-0.4, -0.2) is 35.0 Å². The van der Waals surface area contributed by atoms with E-state index in [9.17, 15) is 9.90 Å². The minimum Gasteiger partial charge on any atom is -0.494 e. The van der Waals surface area contributed by atoms with Crippen LogP contribution in [0.3, 0.4) is 0 Å². The Hall–Kier alpha value is -2.01. The fourth-order valence-electron chi connectivity index (χ4n) is 2.30. The molecule has 21 heavy (non-hydrogen) atoms. The largest absolute Gasteiger partial charge is 0.494 e. The SMILES string of the molecule is CCOC(=O)CC(O)Cn1ccc2cc(OCC)ccc21. The summed E-state index contributed by atoms with van der Waals surface area (Å²) in [5, 5.41) is 11.0. The molecule has 0 spiro atoms. The maximum atomic E-state index is 11.4. The molecule has 0 radical (unpaired) electrons. The molecule has 1 atom stereocenters. The number of aromatic nitrogens is 1. The second-order valence-corrected chi connectivity index (χ2v) is 4.78. The van der Waals surface area contributed by atoms with E-state index in [4.69, 9.17) is 9.47 Å². The summed E-state index contributed by atoms with van der Waals surface area (Å²) in [5.41, 5.74) is 1.00. The monoisotopic (exact) mass is 291 g/mol. The van der Waals surface area contributed by atoms with Gasteiger partial charge < -0.3 is 19.1 Å². The van der Waals surface area contributed by atoms with Crippen molar-refractivity contribution in [2.24, 2.45) is 0 Å². The zero-order valence-corrected chi connectivity index (χ0v) is 12.4. The molecule has 1 aromatic carbocycles.